The van der Waals surface area contributed by atoms with E-state index in [2.05, 4.69) is 10.2 Å². The molecule has 2 saturated heterocycles. The van der Waals surface area contributed by atoms with Gasteiger partial charge in [-0.3, -0.25) is 14.5 Å². The quantitative estimate of drug-likeness (QED) is 0.655. The number of carbonyl (C=O) groups is 2. The molecule has 3 aromatic carbocycles. The predicted molar refractivity (Wildman–Crippen MR) is 122 cm³/mol. The van der Waals surface area contributed by atoms with Crippen molar-refractivity contribution in [2.45, 2.75) is 12.1 Å². The minimum Gasteiger partial charge on any atom is -0.457 e. The van der Waals surface area contributed by atoms with Crippen LogP contribution in [0.1, 0.15) is 20.7 Å². The van der Waals surface area contributed by atoms with Crippen molar-refractivity contribution in [3.05, 3.63) is 96.1 Å². The number of amides is 2. The average Bonchev–Trinajstić information content (AvgIpc) is 2.78. The monoisotopic (exact) mass is 427 g/mol. The van der Waals surface area contributed by atoms with Gasteiger partial charge in [0.25, 0.3) is 11.8 Å². The third-order valence-electron chi connectivity index (χ3n) is 6.03. The van der Waals surface area contributed by atoms with Gasteiger partial charge in [0.2, 0.25) is 0 Å². The lowest BCUT2D eigenvalue weighted by molar-refractivity contribution is -0.00941. The molecular formula is C26H25N3O3. The van der Waals surface area contributed by atoms with E-state index in [9.17, 15) is 9.59 Å². The van der Waals surface area contributed by atoms with Crippen molar-refractivity contribution in [2.24, 2.45) is 0 Å². The summed E-state index contributed by atoms with van der Waals surface area (Å²) in [6, 6.07) is 26.7. The summed E-state index contributed by atoms with van der Waals surface area (Å²) in [5.41, 5.74) is 1.35. The number of ether oxygens (including phenoxy) is 1. The maximum atomic E-state index is 12.7. The van der Waals surface area contributed by atoms with Gasteiger partial charge in [0.1, 0.15) is 11.5 Å². The molecule has 6 heteroatoms. The Hall–Kier alpha value is -3.64. The Morgan fingerprint density at radius 1 is 0.719 bits per heavy atom. The highest BCUT2D eigenvalue weighted by Gasteiger charge is 2.41. The number of rotatable bonds is 6. The van der Waals surface area contributed by atoms with Crippen molar-refractivity contribution >= 4 is 11.8 Å². The highest BCUT2D eigenvalue weighted by atomic mass is 16.5. The van der Waals surface area contributed by atoms with Gasteiger partial charge >= 0.3 is 0 Å². The Balaban J connectivity index is 1.06. The third-order valence-corrected chi connectivity index (χ3v) is 6.03. The smallest absolute Gasteiger partial charge is 0.253 e. The van der Waals surface area contributed by atoms with Crippen LogP contribution in [0.15, 0.2) is 84.9 Å². The molecule has 2 heterocycles. The van der Waals surface area contributed by atoms with E-state index in [4.69, 9.17) is 4.74 Å². The van der Waals surface area contributed by atoms with E-state index in [0.717, 1.165) is 31.9 Å². The minimum atomic E-state index is -0.0274. The molecule has 2 fully saturated rings. The number of hydrogen-bond acceptors (Lipinski definition) is 4. The molecule has 2 aliphatic rings. The topological polar surface area (TPSA) is 61.9 Å². The van der Waals surface area contributed by atoms with Gasteiger partial charge in [-0.25, -0.2) is 0 Å². The normalized spacial score (nSPS) is 16.7. The highest BCUT2D eigenvalue weighted by molar-refractivity contribution is 5.95. The van der Waals surface area contributed by atoms with E-state index in [1.54, 1.807) is 0 Å². The van der Waals surface area contributed by atoms with Crippen molar-refractivity contribution in [2.75, 3.05) is 26.2 Å². The molecule has 0 spiro atoms. The number of nitrogens with zero attached hydrogens (tertiary/aromatic N) is 2. The third kappa shape index (κ3) is 4.36. The molecule has 0 radical (unpaired) electrons. The van der Waals surface area contributed by atoms with E-state index in [1.807, 2.05) is 89.8 Å². The summed E-state index contributed by atoms with van der Waals surface area (Å²) in [5, 5.41) is 3.08. The van der Waals surface area contributed by atoms with Crippen LogP contribution in [0.2, 0.25) is 0 Å². The molecule has 162 valence electrons. The van der Waals surface area contributed by atoms with Crippen molar-refractivity contribution < 1.29 is 14.3 Å². The Labute approximate surface area is 187 Å². The van der Waals surface area contributed by atoms with Crippen LogP contribution in [0.3, 0.4) is 0 Å². The van der Waals surface area contributed by atoms with Crippen LogP contribution in [0.4, 0.5) is 0 Å². The van der Waals surface area contributed by atoms with Gasteiger partial charge in [-0.05, 0) is 48.5 Å². The number of nitrogens with one attached hydrogen (secondary N) is 1. The molecule has 6 nitrogen and oxygen atoms in total. The van der Waals surface area contributed by atoms with E-state index in [0.29, 0.717) is 22.9 Å². The lowest BCUT2D eigenvalue weighted by Gasteiger charge is -2.51. The predicted octanol–water partition coefficient (Wildman–Crippen LogP) is 3.42. The molecule has 5 rings (SSSR count). The lowest BCUT2D eigenvalue weighted by Crippen LogP contribution is -2.70. The number of hydrogen-bond donors (Lipinski definition) is 1. The first-order chi connectivity index (χ1) is 15.7. The number of likely N-dealkylation sites (tertiary alicyclic amines) is 2. The average molecular weight is 428 g/mol. The first-order valence-corrected chi connectivity index (χ1v) is 10.9. The van der Waals surface area contributed by atoms with Gasteiger partial charge < -0.3 is 15.0 Å². The van der Waals surface area contributed by atoms with Gasteiger partial charge in [-0.1, -0.05) is 36.4 Å². The Morgan fingerprint density at radius 2 is 1.31 bits per heavy atom. The van der Waals surface area contributed by atoms with Crippen molar-refractivity contribution in [3.63, 3.8) is 0 Å². The maximum absolute atomic E-state index is 12.7. The van der Waals surface area contributed by atoms with Crippen LogP contribution in [0.5, 0.6) is 11.5 Å². The van der Waals surface area contributed by atoms with Crippen LogP contribution >= 0.6 is 0 Å². The van der Waals surface area contributed by atoms with Crippen LogP contribution < -0.4 is 10.1 Å². The van der Waals surface area contributed by atoms with E-state index >= 15 is 0 Å². The fourth-order valence-corrected chi connectivity index (χ4v) is 4.09. The molecule has 0 unspecified atom stereocenters. The van der Waals surface area contributed by atoms with Gasteiger partial charge in [-0.2, -0.15) is 0 Å². The molecular weight excluding hydrogens is 402 g/mol. The molecule has 2 amide bonds. The van der Waals surface area contributed by atoms with Crippen LogP contribution in [-0.4, -0.2) is 59.9 Å². The number of para-hydroxylation sites is 1. The Morgan fingerprint density at radius 3 is 1.97 bits per heavy atom. The van der Waals surface area contributed by atoms with Crippen molar-refractivity contribution in [3.8, 4) is 11.5 Å². The molecule has 1 N–H and O–H groups in total. The number of carbonyl (C=O) groups excluding carboxylic acids is 2. The van der Waals surface area contributed by atoms with Gasteiger partial charge in [0.05, 0.1) is 6.04 Å². The second-order valence-corrected chi connectivity index (χ2v) is 8.29. The molecule has 0 saturated carbocycles. The molecule has 32 heavy (non-hydrogen) atoms. The molecule has 3 aromatic rings. The molecule has 2 aliphatic heterocycles. The molecule has 0 bridgehead atoms. The van der Waals surface area contributed by atoms with Gasteiger partial charge in [-0.15, -0.1) is 0 Å². The zero-order valence-electron chi connectivity index (χ0n) is 17.7. The van der Waals surface area contributed by atoms with Gasteiger partial charge in [0.15, 0.2) is 0 Å². The largest absolute Gasteiger partial charge is 0.457 e. The summed E-state index contributed by atoms with van der Waals surface area (Å²) in [6.45, 7) is 3.11. The van der Waals surface area contributed by atoms with Crippen molar-refractivity contribution in [1.29, 1.82) is 0 Å². The fourth-order valence-electron chi connectivity index (χ4n) is 4.09. The second-order valence-electron chi connectivity index (χ2n) is 8.29. The van der Waals surface area contributed by atoms with E-state index < -0.39 is 0 Å². The summed E-state index contributed by atoms with van der Waals surface area (Å²) < 4.78 is 5.79. The van der Waals surface area contributed by atoms with E-state index in [-0.39, 0.29) is 17.9 Å². The zero-order chi connectivity index (χ0) is 21.9. The van der Waals surface area contributed by atoms with Gasteiger partial charge in [0, 0.05) is 43.3 Å². The molecule has 0 aliphatic carbocycles. The summed E-state index contributed by atoms with van der Waals surface area (Å²) >= 11 is 0. The molecule has 0 aromatic heterocycles. The lowest BCUT2D eigenvalue weighted by atomic mass is 9.98. The zero-order valence-corrected chi connectivity index (χ0v) is 17.7. The SMILES string of the molecule is O=C(NC1CN(C2CN(C(=O)c3ccc(Oc4ccccc4)cc3)C2)C1)c1ccccc1. The summed E-state index contributed by atoms with van der Waals surface area (Å²) in [6.07, 6.45) is 0. The summed E-state index contributed by atoms with van der Waals surface area (Å²) in [7, 11) is 0. The van der Waals surface area contributed by atoms with Crippen molar-refractivity contribution in [1.82, 2.24) is 15.1 Å². The fraction of sp³-hybridized carbons (Fsp3) is 0.231. The van der Waals surface area contributed by atoms with E-state index in [1.165, 1.54) is 0 Å². The van der Waals surface area contributed by atoms with Crippen LogP contribution in [0.25, 0.3) is 0 Å². The first-order valence-electron chi connectivity index (χ1n) is 10.9. The van der Waals surface area contributed by atoms with Crippen LogP contribution in [0, 0.1) is 0 Å². The maximum Gasteiger partial charge on any atom is 0.253 e. The number of benzene rings is 3. The first kappa shape index (κ1) is 20.3. The minimum absolute atomic E-state index is 0.0274. The summed E-state index contributed by atoms with van der Waals surface area (Å²) in [4.78, 5) is 29.2. The Bertz CT molecular complexity index is 1070. The van der Waals surface area contributed by atoms with Crippen LogP contribution in [-0.2, 0) is 0 Å². The highest BCUT2D eigenvalue weighted by Crippen LogP contribution is 2.25. The summed E-state index contributed by atoms with van der Waals surface area (Å²) in [5.74, 6) is 1.49. The molecule has 0 atom stereocenters. The second kappa shape index (κ2) is 8.85. The standard InChI is InChI=1S/C26H25N3O3/c30-25(19-7-3-1-4-8-19)27-21-15-28(16-21)22-17-29(18-22)26(31)20-11-13-24(14-12-20)32-23-9-5-2-6-10-23/h1-14,21-22H,15-18H2,(H,27,30). The Kier molecular flexibility index (Phi) is 5.60.